The van der Waals surface area contributed by atoms with Crippen LogP contribution in [0.25, 0.3) is 0 Å². The van der Waals surface area contributed by atoms with E-state index in [9.17, 15) is 23.4 Å². The van der Waals surface area contributed by atoms with Crippen molar-refractivity contribution < 1.29 is 23.4 Å². The Morgan fingerprint density at radius 3 is 2.50 bits per heavy atom. The molecule has 0 bridgehead atoms. The monoisotopic (exact) mass is 317 g/mol. The molecule has 22 heavy (non-hydrogen) atoms. The molecule has 1 aromatic rings. The number of aliphatic hydroxyl groups is 2. The molecular formula is C16H22F3NO2. The van der Waals surface area contributed by atoms with Gasteiger partial charge in [-0.3, -0.25) is 0 Å². The topological polar surface area (TPSA) is 43.7 Å². The van der Waals surface area contributed by atoms with Crippen LogP contribution in [-0.4, -0.2) is 47.5 Å². The van der Waals surface area contributed by atoms with Crippen molar-refractivity contribution in [1.82, 2.24) is 4.90 Å². The van der Waals surface area contributed by atoms with Gasteiger partial charge in [-0.2, -0.15) is 13.2 Å². The van der Waals surface area contributed by atoms with Gasteiger partial charge in [0.25, 0.3) is 0 Å². The Balaban J connectivity index is 1.85. The van der Waals surface area contributed by atoms with Gasteiger partial charge < -0.3 is 15.1 Å². The van der Waals surface area contributed by atoms with E-state index in [-0.39, 0.29) is 12.5 Å². The van der Waals surface area contributed by atoms with Gasteiger partial charge >= 0.3 is 6.18 Å². The number of hydrogen-bond acceptors (Lipinski definition) is 3. The lowest BCUT2D eigenvalue weighted by Crippen LogP contribution is -2.41. The quantitative estimate of drug-likeness (QED) is 0.876. The first-order chi connectivity index (χ1) is 10.4. The molecule has 0 saturated carbocycles. The third-order valence-electron chi connectivity index (χ3n) is 4.08. The molecule has 2 N–H and O–H groups in total. The predicted molar refractivity (Wildman–Crippen MR) is 77.4 cm³/mol. The van der Waals surface area contributed by atoms with E-state index < -0.39 is 17.8 Å². The van der Waals surface area contributed by atoms with Crippen LogP contribution in [0.4, 0.5) is 13.2 Å². The summed E-state index contributed by atoms with van der Waals surface area (Å²) in [5.74, 6) is 0.256. The second-order valence-corrected chi connectivity index (χ2v) is 6.00. The Kier molecular flexibility index (Phi) is 5.83. The highest BCUT2D eigenvalue weighted by Gasteiger charge is 2.30. The van der Waals surface area contributed by atoms with Crippen molar-refractivity contribution in [1.29, 1.82) is 0 Å². The van der Waals surface area contributed by atoms with E-state index in [1.807, 2.05) is 0 Å². The molecule has 1 aliphatic rings. The maximum absolute atomic E-state index is 12.5. The van der Waals surface area contributed by atoms with Crippen LogP contribution in [0.1, 0.15) is 24.0 Å². The molecule has 2 atom stereocenters. The molecular weight excluding hydrogens is 295 g/mol. The minimum absolute atomic E-state index is 0.158. The summed E-state index contributed by atoms with van der Waals surface area (Å²) in [4.78, 5) is 2.11. The lowest BCUT2D eigenvalue weighted by atomic mass is 9.98. The van der Waals surface area contributed by atoms with Gasteiger partial charge in [0, 0.05) is 19.7 Å². The second-order valence-electron chi connectivity index (χ2n) is 6.00. The molecule has 2 rings (SSSR count). The summed E-state index contributed by atoms with van der Waals surface area (Å²) in [5.41, 5.74) is 0.0174. The standard InChI is InChI=1S/C16H22F3NO2/c17-16(18,19)14-5-3-12(4-6-14)8-15(22)10-20-7-1-2-13(9-20)11-21/h3-6,13,15,21-22H,1-2,7-11H2. The third kappa shape index (κ3) is 4.97. The minimum Gasteiger partial charge on any atom is -0.396 e. The predicted octanol–water partition coefficient (Wildman–Crippen LogP) is 2.31. The van der Waals surface area contributed by atoms with Crippen LogP contribution >= 0.6 is 0 Å². The first-order valence-electron chi connectivity index (χ1n) is 7.56. The molecule has 0 aliphatic carbocycles. The summed E-state index contributed by atoms with van der Waals surface area (Å²) >= 11 is 0. The zero-order valence-electron chi connectivity index (χ0n) is 12.4. The van der Waals surface area contributed by atoms with E-state index >= 15 is 0 Å². The Labute approximate surface area is 128 Å². The zero-order valence-corrected chi connectivity index (χ0v) is 12.4. The van der Waals surface area contributed by atoms with Crippen molar-refractivity contribution in [3.8, 4) is 0 Å². The van der Waals surface area contributed by atoms with Crippen molar-refractivity contribution >= 4 is 0 Å². The van der Waals surface area contributed by atoms with Crippen molar-refractivity contribution in [2.75, 3.05) is 26.2 Å². The van der Waals surface area contributed by atoms with Gasteiger partial charge in [0.1, 0.15) is 0 Å². The number of alkyl halides is 3. The van der Waals surface area contributed by atoms with Crippen molar-refractivity contribution in [3.63, 3.8) is 0 Å². The minimum atomic E-state index is -4.33. The van der Waals surface area contributed by atoms with Gasteiger partial charge in [-0.25, -0.2) is 0 Å². The summed E-state index contributed by atoms with van der Waals surface area (Å²) in [7, 11) is 0. The number of likely N-dealkylation sites (tertiary alicyclic amines) is 1. The Bertz CT molecular complexity index is 461. The molecule has 6 heteroatoms. The lowest BCUT2D eigenvalue weighted by Gasteiger charge is -2.33. The molecule has 124 valence electrons. The van der Waals surface area contributed by atoms with Gasteiger partial charge in [-0.15, -0.1) is 0 Å². The Morgan fingerprint density at radius 1 is 1.23 bits per heavy atom. The van der Waals surface area contributed by atoms with Gasteiger partial charge in [0.15, 0.2) is 0 Å². The van der Waals surface area contributed by atoms with E-state index in [4.69, 9.17) is 0 Å². The number of piperidine rings is 1. The van der Waals surface area contributed by atoms with Crippen LogP contribution in [0.3, 0.4) is 0 Å². The summed E-state index contributed by atoms with van der Waals surface area (Å²) in [6.07, 6.45) is -2.61. The van der Waals surface area contributed by atoms with Gasteiger partial charge in [0.2, 0.25) is 0 Å². The number of nitrogens with zero attached hydrogens (tertiary/aromatic N) is 1. The molecule has 1 heterocycles. The SMILES string of the molecule is OCC1CCCN(CC(O)Cc2ccc(C(F)(F)F)cc2)C1. The van der Waals surface area contributed by atoms with E-state index in [1.54, 1.807) is 0 Å². The second kappa shape index (κ2) is 7.44. The summed E-state index contributed by atoms with van der Waals surface area (Å²) in [6.45, 7) is 2.30. The van der Waals surface area contributed by atoms with Crippen molar-refractivity contribution in [3.05, 3.63) is 35.4 Å². The molecule has 0 aromatic heterocycles. The highest BCUT2D eigenvalue weighted by molar-refractivity contribution is 5.25. The number of halogens is 3. The van der Waals surface area contributed by atoms with Crippen LogP contribution in [-0.2, 0) is 12.6 Å². The first-order valence-corrected chi connectivity index (χ1v) is 7.56. The molecule has 0 spiro atoms. The number of β-amino-alcohol motifs (C(OH)–C–C–N with tert-alkyl or cyclic N) is 1. The van der Waals surface area contributed by atoms with E-state index in [0.29, 0.717) is 18.5 Å². The van der Waals surface area contributed by atoms with Crippen LogP contribution in [0.2, 0.25) is 0 Å². The lowest BCUT2D eigenvalue weighted by molar-refractivity contribution is -0.137. The van der Waals surface area contributed by atoms with Crippen LogP contribution < -0.4 is 0 Å². The third-order valence-corrected chi connectivity index (χ3v) is 4.08. The van der Waals surface area contributed by atoms with Gasteiger partial charge in [-0.1, -0.05) is 12.1 Å². The van der Waals surface area contributed by atoms with Crippen LogP contribution in [0, 0.1) is 5.92 Å². The average Bonchev–Trinajstić information content (AvgIpc) is 2.47. The number of hydrogen-bond donors (Lipinski definition) is 2. The molecule has 0 radical (unpaired) electrons. The largest absolute Gasteiger partial charge is 0.416 e. The molecule has 1 fully saturated rings. The molecule has 0 amide bonds. The van der Waals surface area contributed by atoms with E-state index in [1.165, 1.54) is 12.1 Å². The highest BCUT2D eigenvalue weighted by atomic mass is 19.4. The Hall–Kier alpha value is -1.11. The number of aliphatic hydroxyl groups excluding tert-OH is 2. The highest BCUT2D eigenvalue weighted by Crippen LogP contribution is 2.29. The molecule has 1 aromatic carbocycles. The Morgan fingerprint density at radius 2 is 1.91 bits per heavy atom. The van der Waals surface area contributed by atoms with E-state index in [0.717, 1.165) is 38.1 Å². The average molecular weight is 317 g/mol. The fraction of sp³-hybridized carbons (Fsp3) is 0.625. The number of benzene rings is 1. The molecule has 1 aliphatic heterocycles. The maximum Gasteiger partial charge on any atom is 0.416 e. The smallest absolute Gasteiger partial charge is 0.396 e. The normalized spacial score (nSPS) is 21.8. The molecule has 3 nitrogen and oxygen atoms in total. The molecule has 2 unspecified atom stereocenters. The summed E-state index contributed by atoms with van der Waals surface area (Å²) < 4.78 is 37.5. The number of rotatable bonds is 5. The fourth-order valence-electron chi connectivity index (χ4n) is 2.93. The van der Waals surface area contributed by atoms with Gasteiger partial charge in [0.05, 0.1) is 11.7 Å². The first kappa shape index (κ1) is 17.2. The van der Waals surface area contributed by atoms with E-state index in [2.05, 4.69) is 4.90 Å². The maximum atomic E-state index is 12.5. The molecule has 1 saturated heterocycles. The van der Waals surface area contributed by atoms with Crippen molar-refractivity contribution in [2.45, 2.75) is 31.5 Å². The summed E-state index contributed by atoms with van der Waals surface area (Å²) in [5, 5.41) is 19.3. The summed E-state index contributed by atoms with van der Waals surface area (Å²) in [6, 6.07) is 4.92. The van der Waals surface area contributed by atoms with Gasteiger partial charge in [-0.05, 0) is 49.4 Å². The fourth-order valence-corrected chi connectivity index (χ4v) is 2.93. The van der Waals surface area contributed by atoms with Crippen LogP contribution in [0.5, 0.6) is 0 Å². The van der Waals surface area contributed by atoms with Crippen molar-refractivity contribution in [2.24, 2.45) is 5.92 Å². The van der Waals surface area contributed by atoms with Crippen LogP contribution in [0.15, 0.2) is 24.3 Å². The zero-order chi connectivity index (χ0) is 16.2.